The molecule has 2 rings (SSSR count). The van der Waals surface area contributed by atoms with Gasteiger partial charge in [-0.25, -0.2) is 4.79 Å². The zero-order valence-electron chi connectivity index (χ0n) is 15.9. The van der Waals surface area contributed by atoms with Gasteiger partial charge in [-0.05, 0) is 44.9 Å². The predicted octanol–water partition coefficient (Wildman–Crippen LogP) is 2.98. The predicted molar refractivity (Wildman–Crippen MR) is 98.6 cm³/mol. The van der Waals surface area contributed by atoms with Gasteiger partial charge in [0.2, 0.25) is 0 Å². The highest BCUT2D eigenvalue weighted by Gasteiger charge is 2.33. The number of nitrogens with one attached hydrogen (secondary N) is 1. The van der Waals surface area contributed by atoms with Crippen molar-refractivity contribution < 1.29 is 23.8 Å². The average molecular weight is 374 g/mol. The third kappa shape index (κ3) is 5.61. The fourth-order valence-corrected chi connectivity index (χ4v) is 3.12. The Labute approximate surface area is 159 Å². The summed E-state index contributed by atoms with van der Waals surface area (Å²) in [5.41, 5.74) is -0.578. The second kappa shape index (κ2) is 9.81. The second-order valence-electron chi connectivity index (χ2n) is 6.41. The quantitative estimate of drug-likeness (QED) is 0.703. The number of nitrogens with zero attached hydrogens (tertiary/aromatic N) is 1. The molecule has 0 saturated heterocycles. The van der Waals surface area contributed by atoms with Crippen molar-refractivity contribution in [2.45, 2.75) is 51.5 Å². The summed E-state index contributed by atoms with van der Waals surface area (Å²) in [5.74, 6) is -0.114. The summed E-state index contributed by atoms with van der Waals surface area (Å²) in [6.45, 7) is 4.17. The molecule has 1 amide bonds. The lowest BCUT2D eigenvalue weighted by Crippen LogP contribution is -2.50. The van der Waals surface area contributed by atoms with E-state index in [-0.39, 0.29) is 5.56 Å². The maximum Gasteiger partial charge on any atom is 0.338 e. The lowest BCUT2D eigenvalue weighted by Gasteiger charge is -2.31. The maximum absolute atomic E-state index is 12.3. The summed E-state index contributed by atoms with van der Waals surface area (Å²) in [5, 5.41) is 12.1. The van der Waals surface area contributed by atoms with Crippen molar-refractivity contribution in [3.63, 3.8) is 0 Å². The number of hydrogen-bond acceptors (Lipinski definition) is 6. The average Bonchev–Trinajstić information content (AvgIpc) is 2.68. The summed E-state index contributed by atoms with van der Waals surface area (Å²) in [4.78, 5) is 24.4. The lowest BCUT2D eigenvalue weighted by atomic mass is 9.83. The summed E-state index contributed by atoms with van der Waals surface area (Å²) in [6, 6.07) is 6.94. The van der Waals surface area contributed by atoms with Crippen LogP contribution in [0.15, 0.2) is 18.2 Å². The molecular formula is C20H26N2O5. The van der Waals surface area contributed by atoms with E-state index in [9.17, 15) is 14.9 Å². The van der Waals surface area contributed by atoms with Crippen LogP contribution in [0.5, 0.6) is 11.5 Å². The van der Waals surface area contributed by atoms with Gasteiger partial charge in [-0.15, -0.1) is 0 Å². The van der Waals surface area contributed by atoms with Crippen LogP contribution in [0, 0.1) is 11.3 Å². The van der Waals surface area contributed by atoms with Gasteiger partial charge in [0.1, 0.15) is 5.54 Å². The SMILES string of the molecule is CCOc1ccc(C(=O)OCC(=O)NC2(C#N)CCCCC2)cc1OCC. The van der Waals surface area contributed by atoms with Crippen LogP contribution in [-0.4, -0.2) is 37.2 Å². The van der Waals surface area contributed by atoms with Crippen LogP contribution in [0.4, 0.5) is 0 Å². The number of carbonyl (C=O) groups is 2. The highest BCUT2D eigenvalue weighted by Crippen LogP contribution is 2.29. The lowest BCUT2D eigenvalue weighted by molar-refractivity contribution is -0.125. The fourth-order valence-electron chi connectivity index (χ4n) is 3.12. The Morgan fingerprint density at radius 1 is 1.11 bits per heavy atom. The second-order valence-corrected chi connectivity index (χ2v) is 6.41. The molecule has 1 fully saturated rings. The van der Waals surface area contributed by atoms with Crippen molar-refractivity contribution in [3.05, 3.63) is 23.8 Å². The summed E-state index contributed by atoms with van der Waals surface area (Å²) in [6.07, 6.45) is 4.12. The van der Waals surface area contributed by atoms with Gasteiger partial charge in [0.15, 0.2) is 18.1 Å². The molecule has 0 bridgehead atoms. The summed E-state index contributed by atoms with van der Waals surface area (Å²) >= 11 is 0. The van der Waals surface area contributed by atoms with E-state index >= 15 is 0 Å². The molecule has 1 aromatic rings. The van der Waals surface area contributed by atoms with E-state index in [1.54, 1.807) is 12.1 Å². The molecule has 0 unspecified atom stereocenters. The topological polar surface area (TPSA) is 97.6 Å². The first kappa shape index (κ1) is 20.6. The molecule has 0 aliphatic heterocycles. The van der Waals surface area contributed by atoms with Crippen LogP contribution in [0.2, 0.25) is 0 Å². The van der Waals surface area contributed by atoms with E-state index in [0.717, 1.165) is 19.3 Å². The molecule has 7 heteroatoms. The number of nitriles is 1. The Morgan fingerprint density at radius 2 is 1.78 bits per heavy atom. The van der Waals surface area contributed by atoms with Crippen LogP contribution in [-0.2, 0) is 9.53 Å². The molecular weight excluding hydrogens is 348 g/mol. The Kier molecular flexibility index (Phi) is 7.47. The molecule has 1 saturated carbocycles. The normalized spacial score (nSPS) is 15.3. The molecule has 0 radical (unpaired) electrons. The van der Waals surface area contributed by atoms with E-state index in [1.165, 1.54) is 6.07 Å². The monoisotopic (exact) mass is 374 g/mol. The zero-order valence-corrected chi connectivity index (χ0v) is 15.9. The fraction of sp³-hybridized carbons (Fsp3) is 0.550. The van der Waals surface area contributed by atoms with Gasteiger partial charge in [-0.2, -0.15) is 5.26 Å². The molecule has 146 valence electrons. The van der Waals surface area contributed by atoms with Gasteiger partial charge in [0, 0.05) is 0 Å². The van der Waals surface area contributed by atoms with Crippen LogP contribution < -0.4 is 14.8 Å². The highest BCUT2D eigenvalue weighted by molar-refractivity contribution is 5.92. The van der Waals surface area contributed by atoms with E-state index in [0.29, 0.717) is 37.6 Å². The molecule has 1 aliphatic rings. The van der Waals surface area contributed by atoms with E-state index in [4.69, 9.17) is 14.2 Å². The van der Waals surface area contributed by atoms with Crippen molar-refractivity contribution in [3.8, 4) is 17.6 Å². The smallest absolute Gasteiger partial charge is 0.338 e. The van der Waals surface area contributed by atoms with E-state index in [1.807, 2.05) is 13.8 Å². The number of benzene rings is 1. The van der Waals surface area contributed by atoms with E-state index < -0.39 is 24.0 Å². The Morgan fingerprint density at radius 3 is 2.41 bits per heavy atom. The Balaban J connectivity index is 1.95. The minimum atomic E-state index is -0.844. The first-order valence-corrected chi connectivity index (χ1v) is 9.32. The standard InChI is InChI=1S/C20H26N2O5/c1-3-25-16-9-8-15(12-17(16)26-4-2)19(24)27-13-18(23)22-20(14-21)10-6-5-7-11-20/h8-9,12H,3-7,10-11,13H2,1-2H3,(H,22,23). The van der Waals surface area contributed by atoms with Gasteiger partial charge in [0.05, 0.1) is 24.8 Å². The Hall–Kier alpha value is -2.75. The first-order valence-electron chi connectivity index (χ1n) is 9.32. The first-order chi connectivity index (χ1) is 13.0. The number of hydrogen-bond donors (Lipinski definition) is 1. The van der Waals surface area contributed by atoms with Crippen molar-refractivity contribution >= 4 is 11.9 Å². The van der Waals surface area contributed by atoms with E-state index in [2.05, 4.69) is 11.4 Å². The molecule has 0 aromatic heterocycles. The number of rotatable bonds is 8. The highest BCUT2D eigenvalue weighted by atomic mass is 16.5. The number of carbonyl (C=O) groups excluding carboxylic acids is 2. The maximum atomic E-state index is 12.3. The number of ether oxygens (including phenoxy) is 3. The molecule has 0 spiro atoms. The van der Waals surface area contributed by atoms with Crippen LogP contribution in [0.1, 0.15) is 56.3 Å². The number of esters is 1. The summed E-state index contributed by atoms with van der Waals surface area (Å²) < 4.78 is 16.0. The molecule has 0 heterocycles. The summed E-state index contributed by atoms with van der Waals surface area (Å²) in [7, 11) is 0. The third-order valence-electron chi connectivity index (χ3n) is 4.41. The van der Waals surface area contributed by atoms with Crippen molar-refractivity contribution in [2.75, 3.05) is 19.8 Å². The van der Waals surface area contributed by atoms with Crippen molar-refractivity contribution in [1.82, 2.24) is 5.32 Å². The van der Waals surface area contributed by atoms with Gasteiger partial charge in [-0.3, -0.25) is 4.79 Å². The van der Waals surface area contributed by atoms with Crippen molar-refractivity contribution in [2.24, 2.45) is 0 Å². The van der Waals surface area contributed by atoms with Gasteiger partial charge in [-0.1, -0.05) is 19.3 Å². The molecule has 27 heavy (non-hydrogen) atoms. The van der Waals surface area contributed by atoms with Gasteiger partial charge in [0.25, 0.3) is 5.91 Å². The molecule has 1 N–H and O–H groups in total. The van der Waals surface area contributed by atoms with Crippen LogP contribution in [0.3, 0.4) is 0 Å². The van der Waals surface area contributed by atoms with Gasteiger partial charge < -0.3 is 19.5 Å². The molecule has 1 aromatic carbocycles. The van der Waals surface area contributed by atoms with Crippen molar-refractivity contribution in [1.29, 1.82) is 5.26 Å². The minimum absolute atomic E-state index is 0.266. The number of amides is 1. The zero-order chi connectivity index (χ0) is 19.7. The van der Waals surface area contributed by atoms with Crippen LogP contribution >= 0.6 is 0 Å². The largest absolute Gasteiger partial charge is 0.490 e. The third-order valence-corrected chi connectivity index (χ3v) is 4.41. The van der Waals surface area contributed by atoms with Gasteiger partial charge >= 0.3 is 5.97 Å². The minimum Gasteiger partial charge on any atom is -0.490 e. The van der Waals surface area contributed by atoms with Crippen LogP contribution in [0.25, 0.3) is 0 Å². The molecule has 1 aliphatic carbocycles. The molecule has 0 atom stereocenters. The Bertz CT molecular complexity index is 705. The molecule has 7 nitrogen and oxygen atoms in total.